The maximum absolute atomic E-state index is 12.2. The largest absolute Gasteiger partial charge is 0.435 e. The monoisotopic (exact) mass is 224 g/mol. The van der Waals surface area contributed by atoms with Crippen molar-refractivity contribution in [3.63, 3.8) is 0 Å². The van der Waals surface area contributed by atoms with E-state index in [1.807, 2.05) is 0 Å². The lowest BCUT2D eigenvalue weighted by atomic mass is 9.93. The van der Waals surface area contributed by atoms with Crippen LogP contribution in [0.15, 0.2) is 6.07 Å². The molecule has 0 aliphatic heterocycles. The van der Waals surface area contributed by atoms with Gasteiger partial charge in [0.25, 0.3) is 0 Å². The average Bonchev–Trinajstić information content (AvgIpc) is 2.28. The third kappa shape index (κ3) is 1.61. The fourth-order valence-electron chi connectivity index (χ4n) is 1.40. The van der Waals surface area contributed by atoms with Crippen LogP contribution in [0.1, 0.15) is 31.0 Å². The first kappa shape index (κ1) is 9.83. The predicted molar refractivity (Wildman–Crippen MR) is 45.1 cm³/mol. The van der Waals surface area contributed by atoms with Crippen molar-refractivity contribution in [3.05, 3.63) is 16.9 Å². The molecule has 1 saturated carbocycles. The molecule has 0 N–H and O–H groups in total. The third-order valence-corrected chi connectivity index (χ3v) is 2.68. The molecule has 1 aromatic rings. The Balaban J connectivity index is 2.29. The van der Waals surface area contributed by atoms with E-state index in [9.17, 15) is 13.2 Å². The third-order valence-electron chi connectivity index (χ3n) is 2.40. The molecular weight excluding hydrogens is 217 g/mol. The van der Waals surface area contributed by atoms with Crippen molar-refractivity contribution in [1.82, 2.24) is 9.78 Å². The van der Waals surface area contributed by atoms with Gasteiger partial charge in [-0.3, -0.25) is 4.68 Å². The Bertz CT molecular complexity index is 341. The minimum atomic E-state index is -4.40. The number of aromatic nitrogens is 2. The van der Waals surface area contributed by atoms with Crippen LogP contribution in [-0.2, 0) is 6.18 Å². The second-order valence-electron chi connectivity index (χ2n) is 3.38. The summed E-state index contributed by atoms with van der Waals surface area (Å²) in [4.78, 5) is 0. The first-order valence-electron chi connectivity index (χ1n) is 4.31. The van der Waals surface area contributed by atoms with Gasteiger partial charge < -0.3 is 0 Å². The summed E-state index contributed by atoms with van der Waals surface area (Å²) in [5.41, 5.74) is -0.908. The quantitative estimate of drug-likeness (QED) is 0.716. The highest BCUT2D eigenvalue weighted by Crippen LogP contribution is 2.36. The van der Waals surface area contributed by atoms with Crippen molar-refractivity contribution in [3.8, 4) is 0 Å². The van der Waals surface area contributed by atoms with Gasteiger partial charge in [-0.05, 0) is 19.3 Å². The number of halogens is 4. The Labute approximate surface area is 83.7 Å². The Morgan fingerprint density at radius 2 is 2.07 bits per heavy atom. The molecular formula is C8H8ClF3N2. The lowest BCUT2D eigenvalue weighted by Crippen LogP contribution is -2.19. The molecule has 1 aliphatic carbocycles. The topological polar surface area (TPSA) is 17.8 Å². The zero-order chi connectivity index (χ0) is 10.3. The summed E-state index contributed by atoms with van der Waals surface area (Å²) in [6, 6.07) is 0.929. The van der Waals surface area contributed by atoms with Crippen molar-refractivity contribution in [2.24, 2.45) is 0 Å². The smallest absolute Gasteiger partial charge is 0.250 e. The molecule has 6 heteroatoms. The van der Waals surface area contributed by atoms with E-state index in [2.05, 4.69) is 5.10 Å². The van der Waals surface area contributed by atoms with Gasteiger partial charge in [-0.15, -0.1) is 0 Å². The van der Waals surface area contributed by atoms with Gasteiger partial charge in [-0.1, -0.05) is 11.6 Å². The first-order valence-corrected chi connectivity index (χ1v) is 4.68. The fraction of sp³-hybridized carbons (Fsp3) is 0.625. The van der Waals surface area contributed by atoms with Crippen LogP contribution in [0, 0.1) is 0 Å². The molecule has 0 spiro atoms. The van der Waals surface area contributed by atoms with Gasteiger partial charge in [0.05, 0.1) is 6.04 Å². The minimum absolute atomic E-state index is 0.0543. The second kappa shape index (κ2) is 3.15. The minimum Gasteiger partial charge on any atom is -0.250 e. The van der Waals surface area contributed by atoms with Gasteiger partial charge in [0.2, 0.25) is 0 Å². The Kier molecular flexibility index (Phi) is 2.21. The molecule has 1 fully saturated rings. The summed E-state index contributed by atoms with van der Waals surface area (Å²) in [5.74, 6) is 0. The zero-order valence-electron chi connectivity index (χ0n) is 7.18. The predicted octanol–water partition coefficient (Wildman–Crippen LogP) is 3.28. The van der Waals surface area contributed by atoms with Crippen LogP contribution in [0.2, 0.25) is 5.15 Å². The number of hydrogen-bond donors (Lipinski definition) is 0. The molecule has 0 unspecified atom stereocenters. The van der Waals surface area contributed by atoms with Crippen LogP contribution in [0.5, 0.6) is 0 Å². The van der Waals surface area contributed by atoms with Crippen LogP contribution in [0.25, 0.3) is 0 Å². The van der Waals surface area contributed by atoms with Crippen LogP contribution < -0.4 is 0 Å². The van der Waals surface area contributed by atoms with Crippen LogP contribution in [0.3, 0.4) is 0 Å². The van der Waals surface area contributed by atoms with E-state index in [4.69, 9.17) is 11.6 Å². The normalized spacial score (nSPS) is 18.3. The highest BCUT2D eigenvalue weighted by molar-refractivity contribution is 6.29. The van der Waals surface area contributed by atoms with Crippen LogP contribution in [0.4, 0.5) is 13.2 Å². The average molecular weight is 225 g/mol. The van der Waals surface area contributed by atoms with Gasteiger partial charge in [0.1, 0.15) is 5.15 Å². The Hall–Kier alpha value is -0.710. The number of rotatable bonds is 1. The van der Waals surface area contributed by atoms with Crippen LogP contribution >= 0.6 is 11.6 Å². The second-order valence-corrected chi connectivity index (χ2v) is 3.77. The standard InChI is InChI=1S/C8H8ClF3N2/c9-7-4-6(8(10,11)12)13-14(7)5-2-1-3-5/h4-5H,1-3H2. The van der Waals surface area contributed by atoms with Crippen molar-refractivity contribution in [2.45, 2.75) is 31.5 Å². The Morgan fingerprint density at radius 3 is 2.43 bits per heavy atom. The molecule has 14 heavy (non-hydrogen) atoms. The molecule has 0 atom stereocenters. The maximum Gasteiger partial charge on any atom is 0.435 e. The molecule has 0 amide bonds. The highest BCUT2D eigenvalue weighted by atomic mass is 35.5. The van der Waals surface area contributed by atoms with Gasteiger partial charge in [-0.25, -0.2) is 0 Å². The van der Waals surface area contributed by atoms with E-state index < -0.39 is 11.9 Å². The van der Waals surface area contributed by atoms with E-state index in [1.165, 1.54) is 4.68 Å². The van der Waals surface area contributed by atoms with Gasteiger partial charge in [0, 0.05) is 6.07 Å². The first-order chi connectivity index (χ1) is 6.48. The summed E-state index contributed by atoms with van der Waals surface area (Å²) in [5, 5.41) is 3.53. The highest BCUT2D eigenvalue weighted by Gasteiger charge is 2.36. The molecule has 0 saturated heterocycles. The lowest BCUT2D eigenvalue weighted by molar-refractivity contribution is -0.141. The summed E-state index contributed by atoms with van der Waals surface area (Å²) >= 11 is 5.66. The molecule has 1 aromatic heterocycles. The van der Waals surface area contributed by atoms with E-state index in [1.54, 1.807) is 0 Å². The summed E-state index contributed by atoms with van der Waals surface area (Å²) in [6.07, 6.45) is -1.65. The lowest BCUT2D eigenvalue weighted by Gasteiger charge is -2.26. The van der Waals surface area contributed by atoms with Crippen molar-refractivity contribution >= 4 is 11.6 Å². The SMILES string of the molecule is FC(F)(F)c1cc(Cl)n(C2CCC2)n1. The van der Waals surface area contributed by atoms with E-state index in [-0.39, 0.29) is 11.2 Å². The van der Waals surface area contributed by atoms with Crippen molar-refractivity contribution in [1.29, 1.82) is 0 Å². The zero-order valence-corrected chi connectivity index (χ0v) is 7.94. The van der Waals surface area contributed by atoms with Crippen molar-refractivity contribution < 1.29 is 13.2 Å². The Morgan fingerprint density at radius 1 is 1.43 bits per heavy atom. The van der Waals surface area contributed by atoms with Crippen molar-refractivity contribution in [2.75, 3.05) is 0 Å². The molecule has 2 nitrogen and oxygen atoms in total. The van der Waals surface area contributed by atoms with Gasteiger partial charge >= 0.3 is 6.18 Å². The molecule has 1 aliphatic rings. The number of hydrogen-bond acceptors (Lipinski definition) is 1. The molecule has 0 aromatic carbocycles. The molecule has 0 radical (unpaired) electrons. The molecule has 78 valence electrons. The number of alkyl halides is 3. The van der Waals surface area contributed by atoms with E-state index >= 15 is 0 Å². The summed E-state index contributed by atoms with van der Waals surface area (Å²) in [7, 11) is 0. The van der Waals surface area contributed by atoms with E-state index in [0.29, 0.717) is 0 Å². The summed E-state index contributed by atoms with van der Waals surface area (Å²) in [6.45, 7) is 0. The van der Waals surface area contributed by atoms with E-state index in [0.717, 1.165) is 25.3 Å². The van der Waals surface area contributed by atoms with Gasteiger partial charge in [0.15, 0.2) is 5.69 Å². The summed E-state index contributed by atoms with van der Waals surface area (Å²) < 4.78 is 38.0. The maximum atomic E-state index is 12.2. The fourth-order valence-corrected chi connectivity index (χ4v) is 1.68. The molecule has 0 bridgehead atoms. The number of nitrogens with zero attached hydrogens (tertiary/aromatic N) is 2. The molecule has 1 heterocycles. The van der Waals surface area contributed by atoms with Gasteiger partial charge in [-0.2, -0.15) is 18.3 Å². The molecule has 2 rings (SSSR count). The van der Waals surface area contributed by atoms with Crippen LogP contribution in [-0.4, -0.2) is 9.78 Å².